The van der Waals surface area contributed by atoms with Gasteiger partial charge in [0.25, 0.3) is 0 Å². The van der Waals surface area contributed by atoms with Crippen molar-refractivity contribution in [3.05, 3.63) is 0 Å². The van der Waals surface area contributed by atoms with E-state index in [1.807, 2.05) is 39.3 Å². The van der Waals surface area contributed by atoms with E-state index in [9.17, 15) is 21.6 Å². The molecule has 0 saturated carbocycles. The van der Waals surface area contributed by atoms with Crippen molar-refractivity contribution < 1.29 is 25.5 Å². The average Bonchev–Trinajstić information content (AvgIpc) is 1.93. The van der Waals surface area contributed by atoms with Crippen molar-refractivity contribution in [2.45, 2.75) is 44.8 Å². The van der Waals surface area contributed by atoms with Gasteiger partial charge in [-0.1, -0.05) is 39.3 Å². The van der Waals surface area contributed by atoms with E-state index in [1.54, 1.807) is 0 Å². The molecule has 103 valence electrons. The van der Waals surface area contributed by atoms with Crippen LogP contribution in [0.4, 0.5) is 13.2 Å². The molecular formula is C7H18F3O3SSi3. The van der Waals surface area contributed by atoms with E-state index in [2.05, 4.69) is 3.87 Å². The van der Waals surface area contributed by atoms with Crippen LogP contribution >= 0.6 is 0 Å². The third-order valence-electron chi connectivity index (χ3n) is 1.84. The molecule has 0 aliphatic rings. The van der Waals surface area contributed by atoms with Crippen LogP contribution in [-0.2, 0) is 14.0 Å². The van der Waals surface area contributed by atoms with Crippen molar-refractivity contribution >= 4 is 33.4 Å². The normalized spacial score (nSPS) is 15.4. The van der Waals surface area contributed by atoms with Gasteiger partial charge in [-0.25, -0.2) is 0 Å². The number of rotatable bonds is 4. The van der Waals surface area contributed by atoms with Gasteiger partial charge in [0.05, 0.1) is 15.2 Å². The van der Waals surface area contributed by atoms with Crippen molar-refractivity contribution in [1.82, 2.24) is 0 Å². The van der Waals surface area contributed by atoms with Crippen LogP contribution in [0.1, 0.15) is 0 Å². The Morgan fingerprint density at radius 3 is 1.41 bits per heavy atom. The predicted octanol–water partition coefficient (Wildman–Crippen LogP) is 2.68. The lowest BCUT2D eigenvalue weighted by Crippen LogP contribution is -2.61. The molecule has 0 saturated heterocycles. The summed E-state index contributed by atoms with van der Waals surface area (Å²) in [5, 5.41) is 0. The molecule has 0 aliphatic carbocycles. The highest BCUT2D eigenvalue weighted by atomic mass is 32.2. The zero-order valence-electron chi connectivity index (χ0n) is 10.8. The number of hydrogen-bond donors (Lipinski definition) is 0. The van der Waals surface area contributed by atoms with E-state index in [1.165, 1.54) is 0 Å². The molecule has 0 bridgehead atoms. The van der Waals surface area contributed by atoms with E-state index in [4.69, 9.17) is 0 Å². The van der Waals surface area contributed by atoms with Gasteiger partial charge in [-0.15, -0.1) is 0 Å². The third-order valence-corrected chi connectivity index (χ3v) is 29.8. The maximum absolute atomic E-state index is 12.3. The first kappa shape index (κ1) is 17.4. The number of alkyl halides is 3. The fourth-order valence-electron chi connectivity index (χ4n) is 1.53. The second-order valence-electron chi connectivity index (χ2n) is 5.81. The molecule has 0 atom stereocenters. The van der Waals surface area contributed by atoms with Gasteiger partial charge in [0.15, 0.2) is 0 Å². The minimum Gasteiger partial charge on any atom is -0.316 e. The van der Waals surface area contributed by atoms with Crippen LogP contribution in [0.25, 0.3) is 0 Å². The minimum absolute atomic E-state index is 1.85. The molecule has 0 N–H and O–H groups in total. The summed E-state index contributed by atoms with van der Waals surface area (Å²) in [7, 11) is -11.5. The summed E-state index contributed by atoms with van der Waals surface area (Å²) >= 11 is 0. The lowest BCUT2D eigenvalue weighted by molar-refractivity contribution is -0.0499. The Balaban J connectivity index is 5.33. The molecule has 0 spiro atoms. The standard InChI is InChI=1S/C7H18F3O3SSi3/c1-16(2,3)15(17(4,5)6)13-14(11,12)7(8,9)10/h1-6H3. The molecule has 0 aromatic rings. The molecule has 10 heteroatoms. The maximum atomic E-state index is 12.3. The van der Waals surface area contributed by atoms with Crippen LogP contribution in [-0.4, -0.2) is 37.2 Å². The Morgan fingerprint density at radius 2 is 1.24 bits per heavy atom. The fraction of sp³-hybridized carbons (Fsp3) is 1.00. The molecule has 0 unspecified atom stereocenters. The van der Waals surface area contributed by atoms with Crippen molar-refractivity contribution in [3.8, 4) is 0 Å². The highest BCUT2D eigenvalue weighted by Gasteiger charge is 2.53. The number of hydrogen-bond acceptors (Lipinski definition) is 3. The topological polar surface area (TPSA) is 43.4 Å². The average molecular weight is 324 g/mol. The molecule has 1 radical (unpaired) electrons. The molecular weight excluding hydrogens is 305 g/mol. The summed E-state index contributed by atoms with van der Waals surface area (Å²) in [5.74, 6) is 0. The van der Waals surface area contributed by atoms with E-state index in [0.29, 0.717) is 0 Å². The molecule has 0 fully saturated rings. The molecule has 0 aliphatic heterocycles. The van der Waals surface area contributed by atoms with Gasteiger partial charge in [-0.3, -0.25) is 0 Å². The summed E-state index contributed by atoms with van der Waals surface area (Å²) in [6.45, 7) is 11.1. The summed E-state index contributed by atoms with van der Waals surface area (Å²) in [5.41, 5.74) is -5.32. The quantitative estimate of drug-likeness (QED) is 0.590. The zero-order valence-corrected chi connectivity index (χ0v) is 14.6. The largest absolute Gasteiger partial charge is 0.522 e. The SMILES string of the molecule is C[Si](C)(C)[Si](OS(=O)(=O)C(F)(F)F)[Si](C)(C)C. The van der Waals surface area contributed by atoms with E-state index >= 15 is 0 Å². The van der Waals surface area contributed by atoms with Gasteiger partial charge < -0.3 is 3.87 Å². The molecule has 0 amide bonds. The van der Waals surface area contributed by atoms with Crippen LogP contribution in [0.3, 0.4) is 0 Å². The summed E-state index contributed by atoms with van der Waals surface area (Å²) < 4.78 is 63.7. The predicted molar refractivity (Wildman–Crippen MR) is 68.5 cm³/mol. The lowest BCUT2D eigenvalue weighted by atomic mass is 11.6. The van der Waals surface area contributed by atoms with Crippen LogP contribution < -0.4 is 0 Å². The van der Waals surface area contributed by atoms with Gasteiger partial charge >= 0.3 is 15.6 Å². The fourth-order valence-corrected chi connectivity index (χ4v) is 40.5. The molecule has 0 heterocycles. The first-order chi connectivity index (χ1) is 7.09. The van der Waals surface area contributed by atoms with E-state index in [0.717, 1.165) is 0 Å². The first-order valence-electron chi connectivity index (χ1n) is 4.98. The van der Waals surface area contributed by atoms with E-state index in [-0.39, 0.29) is 0 Å². The highest BCUT2D eigenvalue weighted by molar-refractivity contribution is 7.90. The Kier molecular flexibility index (Phi) is 4.89. The second-order valence-corrected chi connectivity index (χ2v) is 30.7. The van der Waals surface area contributed by atoms with E-state index < -0.39 is 38.9 Å². The van der Waals surface area contributed by atoms with Gasteiger partial charge in [0.2, 0.25) is 8.08 Å². The van der Waals surface area contributed by atoms with Gasteiger partial charge in [-0.05, 0) is 0 Å². The molecule has 0 aromatic carbocycles. The highest BCUT2D eigenvalue weighted by Crippen LogP contribution is 2.29. The second kappa shape index (κ2) is 4.79. The van der Waals surface area contributed by atoms with Gasteiger partial charge in [-0.2, -0.15) is 21.6 Å². The lowest BCUT2D eigenvalue weighted by Gasteiger charge is -2.34. The maximum Gasteiger partial charge on any atom is 0.522 e. The van der Waals surface area contributed by atoms with Crippen LogP contribution in [0.15, 0.2) is 0 Å². The Labute approximate surface area is 104 Å². The monoisotopic (exact) mass is 323 g/mol. The summed E-state index contributed by atoms with van der Waals surface area (Å²) in [6.07, 6.45) is 0. The van der Waals surface area contributed by atoms with Crippen LogP contribution in [0, 0.1) is 0 Å². The Morgan fingerprint density at radius 1 is 0.941 bits per heavy atom. The van der Waals surface area contributed by atoms with Crippen molar-refractivity contribution in [2.75, 3.05) is 0 Å². The third kappa shape index (κ3) is 4.85. The number of halogens is 3. The Bertz CT molecular complexity index is 353. The van der Waals surface area contributed by atoms with Crippen molar-refractivity contribution in [1.29, 1.82) is 0 Å². The van der Waals surface area contributed by atoms with Gasteiger partial charge in [0, 0.05) is 0 Å². The molecule has 3 nitrogen and oxygen atoms in total. The molecule has 0 rings (SSSR count). The van der Waals surface area contributed by atoms with Gasteiger partial charge in [0.1, 0.15) is 0 Å². The summed E-state index contributed by atoms with van der Waals surface area (Å²) in [6, 6.07) is 0. The van der Waals surface area contributed by atoms with Crippen LogP contribution in [0.2, 0.25) is 39.3 Å². The first-order valence-corrected chi connectivity index (χ1v) is 16.8. The van der Waals surface area contributed by atoms with Crippen molar-refractivity contribution in [2.24, 2.45) is 0 Å². The summed E-state index contributed by atoms with van der Waals surface area (Å²) in [4.78, 5) is 0. The zero-order chi connectivity index (χ0) is 14.3. The van der Waals surface area contributed by atoms with Crippen LogP contribution in [0.5, 0.6) is 0 Å². The molecule has 17 heavy (non-hydrogen) atoms. The smallest absolute Gasteiger partial charge is 0.316 e. The Hall–Kier alpha value is 0.351. The molecule has 0 aromatic heterocycles. The van der Waals surface area contributed by atoms with Crippen molar-refractivity contribution in [3.63, 3.8) is 0 Å². The minimum atomic E-state index is -5.45.